The number of benzene rings is 1. The average molecular weight is 290 g/mol. The largest absolute Gasteiger partial charge is 0.508 e. The molecule has 21 heavy (non-hydrogen) atoms. The number of phenolic OH excluding ortho intramolecular Hbond substituents is 1. The molecule has 0 saturated carbocycles. The standard InChI is InChI=1S/C14H14N2O5/c1-8(2)16-12(7-11(15-16)13(18)19)14(20)21-10-5-3-9(17)4-6-10/h3-8,17H,1-2H3,(H,18,19). The van der Waals surface area contributed by atoms with Crippen LogP contribution in [-0.2, 0) is 0 Å². The minimum atomic E-state index is -1.21. The van der Waals surface area contributed by atoms with Crippen LogP contribution in [0.1, 0.15) is 40.9 Å². The fourth-order valence-electron chi connectivity index (χ4n) is 1.72. The molecule has 7 nitrogen and oxygen atoms in total. The number of esters is 1. The van der Waals surface area contributed by atoms with Gasteiger partial charge in [0.15, 0.2) is 5.69 Å². The second-order valence-electron chi connectivity index (χ2n) is 4.64. The molecule has 0 radical (unpaired) electrons. The number of carboxylic acid groups (broad SMARTS) is 1. The van der Waals surface area contributed by atoms with Gasteiger partial charge in [-0.1, -0.05) is 0 Å². The number of hydrogen-bond donors (Lipinski definition) is 2. The SMILES string of the molecule is CC(C)n1nc(C(=O)O)cc1C(=O)Oc1ccc(O)cc1. The Balaban J connectivity index is 2.29. The number of hydrogen-bond acceptors (Lipinski definition) is 5. The third kappa shape index (κ3) is 3.19. The smallest absolute Gasteiger partial charge is 0.362 e. The first-order valence-corrected chi connectivity index (χ1v) is 6.22. The first kappa shape index (κ1) is 14.6. The van der Waals surface area contributed by atoms with Crippen molar-refractivity contribution in [3.05, 3.63) is 41.7 Å². The Morgan fingerprint density at radius 1 is 1.24 bits per heavy atom. The molecule has 1 aromatic carbocycles. The summed E-state index contributed by atoms with van der Waals surface area (Å²) in [5, 5.41) is 22.0. The van der Waals surface area contributed by atoms with Crippen LogP contribution in [0.15, 0.2) is 30.3 Å². The summed E-state index contributed by atoms with van der Waals surface area (Å²) < 4.78 is 6.43. The number of carbonyl (C=O) groups is 2. The Morgan fingerprint density at radius 2 is 1.86 bits per heavy atom. The quantitative estimate of drug-likeness (QED) is 0.660. The van der Waals surface area contributed by atoms with Gasteiger partial charge in [-0.15, -0.1) is 0 Å². The van der Waals surface area contributed by atoms with E-state index < -0.39 is 11.9 Å². The van der Waals surface area contributed by atoms with Gasteiger partial charge >= 0.3 is 11.9 Å². The zero-order valence-electron chi connectivity index (χ0n) is 11.5. The van der Waals surface area contributed by atoms with E-state index in [9.17, 15) is 9.59 Å². The summed E-state index contributed by atoms with van der Waals surface area (Å²) in [6.07, 6.45) is 0. The van der Waals surface area contributed by atoms with Gasteiger partial charge in [-0.25, -0.2) is 9.59 Å². The van der Waals surface area contributed by atoms with Gasteiger partial charge in [0.25, 0.3) is 0 Å². The van der Waals surface area contributed by atoms with Crippen LogP contribution in [0.5, 0.6) is 11.5 Å². The molecular formula is C14H14N2O5. The number of carboxylic acids is 1. The molecule has 0 aliphatic rings. The lowest BCUT2D eigenvalue weighted by Gasteiger charge is -2.10. The van der Waals surface area contributed by atoms with E-state index in [0.717, 1.165) is 0 Å². The summed E-state index contributed by atoms with van der Waals surface area (Å²) in [7, 11) is 0. The highest BCUT2D eigenvalue weighted by Gasteiger charge is 2.21. The highest BCUT2D eigenvalue weighted by Crippen LogP contribution is 2.19. The van der Waals surface area contributed by atoms with Crippen LogP contribution < -0.4 is 4.74 Å². The molecule has 0 amide bonds. The maximum atomic E-state index is 12.1. The van der Waals surface area contributed by atoms with E-state index in [1.165, 1.54) is 35.0 Å². The zero-order valence-corrected chi connectivity index (χ0v) is 11.5. The summed E-state index contributed by atoms with van der Waals surface area (Å²) >= 11 is 0. The molecule has 0 unspecified atom stereocenters. The molecule has 2 N–H and O–H groups in total. The Morgan fingerprint density at radius 3 is 2.38 bits per heavy atom. The van der Waals surface area contributed by atoms with Crippen LogP contribution in [0.25, 0.3) is 0 Å². The Labute approximate surface area is 120 Å². The predicted octanol–water partition coefficient (Wildman–Crippen LogP) is 2.09. The van der Waals surface area contributed by atoms with E-state index in [1.807, 2.05) is 0 Å². The van der Waals surface area contributed by atoms with E-state index >= 15 is 0 Å². The second-order valence-corrected chi connectivity index (χ2v) is 4.64. The first-order valence-electron chi connectivity index (χ1n) is 6.22. The zero-order chi connectivity index (χ0) is 15.6. The van der Waals surface area contributed by atoms with Crippen molar-refractivity contribution in [2.75, 3.05) is 0 Å². The normalized spacial score (nSPS) is 10.6. The van der Waals surface area contributed by atoms with Crippen molar-refractivity contribution in [3.8, 4) is 11.5 Å². The minimum absolute atomic E-state index is 0.0511. The maximum Gasteiger partial charge on any atom is 0.362 e. The summed E-state index contributed by atoms with van der Waals surface area (Å²) in [6, 6.07) is 6.60. The molecule has 7 heteroatoms. The van der Waals surface area contributed by atoms with Crippen molar-refractivity contribution in [3.63, 3.8) is 0 Å². The number of aromatic carboxylic acids is 1. The highest BCUT2D eigenvalue weighted by molar-refractivity contribution is 5.93. The van der Waals surface area contributed by atoms with Crippen LogP contribution in [0, 0.1) is 0 Å². The maximum absolute atomic E-state index is 12.1. The third-order valence-electron chi connectivity index (χ3n) is 2.70. The van der Waals surface area contributed by atoms with E-state index in [2.05, 4.69) is 5.10 Å². The molecule has 110 valence electrons. The van der Waals surface area contributed by atoms with Crippen molar-refractivity contribution >= 4 is 11.9 Å². The number of carbonyl (C=O) groups excluding carboxylic acids is 1. The number of aromatic hydroxyl groups is 1. The molecule has 0 spiro atoms. The molecule has 1 heterocycles. The molecular weight excluding hydrogens is 276 g/mol. The highest BCUT2D eigenvalue weighted by atomic mass is 16.5. The predicted molar refractivity (Wildman–Crippen MR) is 72.6 cm³/mol. The van der Waals surface area contributed by atoms with E-state index in [-0.39, 0.29) is 28.9 Å². The molecule has 2 aromatic rings. The summed E-state index contributed by atoms with van der Waals surface area (Å²) in [4.78, 5) is 23.1. The van der Waals surface area contributed by atoms with Gasteiger partial charge < -0.3 is 14.9 Å². The van der Waals surface area contributed by atoms with Gasteiger partial charge in [0.2, 0.25) is 0 Å². The van der Waals surface area contributed by atoms with E-state index in [1.54, 1.807) is 13.8 Å². The van der Waals surface area contributed by atoms with Crippen LogP contribution in [0.2, 0.25) is 0 Å². The second kappa shape index (κ2) is 5.66. The average Bonchev–Trinajstić information content (AvgIpc) is 2.87. The van der Waals surface area contributed by atoms with Gasteiger partial charge in [0.1, 0.15) is 17.2 Å². The number of rotatable bonds is 4. The van der Waals surface area contributed by atoms with Crippen molar-refractivity contribution in [2.24, 2.45) is 0 Å². The number of nitrogens with zero attached hydrogens (tertiary/aromatic N) is 2. The lowest BCUT2D eigenvalue weighted by molar-refractivity contribution is 0.0686. The van der Waals surface area contributed by atoms with Crippen LogP contribution in [0.4, 0.5) is 0 Å². The van der Waals surface area contributed by atoms with Gasteiger partial charge in [-0.3, -0.25) is 4.68 Å². The fourth-order valence-corrected chi connectivity index (χ4v) is 1.72. The number of ether oxygens (including phenoxy) is 1. The van der Waals surface area contributed by atoms with Crippen LogP contribution in [-0.4, -0.2) is 31.9 Å². The number of aromatic nitrogens is 2. The minimum Gasteiger partial charge on any atom is -0.508 e. The summed E-state index contributed by atoms with van der Waals surface area (Å²) in [6.45, 7) is 3.55. The first-order chi connectivity index (χ1) is 9.88. The summed E-state index contributed by atoms with van der Waals surface area (Å²) in [5.74, 6) is -1.64. The molecule has 0 atom stereocenters. The molecule has 0 aliphatic heterocycles. The van der Waals surface area contributed by atoms with E-state index in [4.69, 9.17) is 14.9 Å². The molecule has 0 aliphatic carbocycles. The van der Waals surface area contributed by atoms with E-state index in [0.29, 0.717) is 0 Å². The van der Waals surface area contributed by atoms with Gasteiger partial charge in [-0.05, 0) is 38.1 Å². The molecule has 0 bridgehead atoms. The molecule has 0 saturated heterocycles. The summed E-state index contributed by atoms with van der Waals surface area (Å²) in [5.41, 5.74) is -0.170. The lowest BCUT2D eigenvalue weighted by Crippen LogP contribution is -2.17. The van der Waals surface area contributed by atoms with Crippen molar-refractivity contribution < 1.29 is 24.5 Å². The lowest BCUT2D eigenvalue weighted by atomic mass is 10.3. The van der Waals surface area contributed by atoms with Gasteiger partial charge in [0.05, 0.1) is 0 Å². The van der Waals surface area contributed by atoms with Gasteiger partial charge in [-0.2, -0.15) is 5.10 Å². The van der Waals surface area contributed by atoms with Crippen LogP contribution >= 0.6 is 0 Å². The van der Waals surface area contributed by atoms with Crippen molar-refractivity contribution in [2.45, 2.75) is 19.9 Å². The Kier molecular flexibility index (Phi) is 3.93. The van der Waals surface area contributed by atoms with Crippen molar-refractivity contribution in [1.29, 1.82) is 0 Å². The Hall–Kier alpha value is -2.83. The van der Waals surface area contributed by atoms with Crippen molar-refractivity contribution in [1.82, 2.24) is 9.78 Å². The molecule has 2 rings (SSSR count). The number of phenols is 1. The topological polar surface area (TPSA) is 102 Å². The Bertz CT molecular complexity index is 673. The molecule has 0 fully saturated rings. The van der Waals surface area contributed by atoms with Crippen LogP contribution in [0.3, 0.4) is 0 Å². The van der Waals surface area contributed by atoms with Gasteiger partial charge in [0, 0.05) is 12.1 Å². The third-order valence-corrected chi connectivity index (χ3v) is 2.70. The molecule has 1 aromatic heterocycles. The monoisotopic (exact) mass is 290 g/mol. The fraction of sp³-hybridized carbons (Fsp3) is 0.214.